The van der Waals surface area contributed by atoms with E-state index >= 15 is 0 Å². The predicted molar refractivity (Wildman–Crippen MR) is 123 cm³/mol. The van der Waals surface area contributed by atoms with Crippen LogP contribution in [0.5, 0.6) is 0 Å². The van der Waals surface area contributed by atoms with Gasteiger partial charge in [-0.25, -0.2) is 0 Å². The van der Waals surface area contributed by atoms with E-state index in [0.717, 1.165) is 35.4 Å². The van der Waals surface area contributed by atoms with Crippen LogP contribution >= 0.6 is 0 Å². The number of rotatable bonds is 7. The first kappa shape index (κ1) is 22.7. The lowest BCUT2D eigenvalue weighted by Crippen LogP contribution is -2.40. The molecule has 0 aliphatic carbocycles. The Bertz CT molecular complexity index is 1110. The number of nitrogens with zero attached hydrogens (tertiary/aromatic N) is 2. The van der Waals surface area contributed by atoms with Gasteiger partial charge in [-0.15, -0.1) is 0 Å². The van der Waals surface area contributed by atoms with Crippen molar-refractivity contribution in [1.29, 1.82) is 0 Å². The second-order valence-corrected chi connectivity index (χ2v) is 8.74. The first-order chi connectivity index (χ1) is 15.8. The molecule has 4 rings (SSSR count). The Hall–Kier alpha value is -3.52. The zero-order valence-electron chi connectivity index (χ0n) is 18.7. The van der Waals surface area contributed by atoms with Crippen molar-refractivity contribution in [3.05, 3.63) is 64.7 Å². The van der Waals surface area contributed by atoms with Gasteiger partial charge in [0.05, 0.1) is 17.0 Å². The van der Waals surface area contributed by atoms with Gasteiger partial charge >= 0.3 is 0 Å². The molecule has 2 aromatic rings. The summed E-state index contributed by atoms with van der Waals surface area (Å²) in [6.07, 6.45) is 1.72. The molecule has 0 aromatic heterocycles. The van der Waals surface area contributed by atoms with Crippen LogP contribution in [0.2, 0.25) is 0 Å². The minimum atomic E-state index is -0.364. The summed E-state index contributed by atoms with van der Waals surface area (Å²) in [7, 11) is 0. The minimum Gasteiger partial charge on any atom is -0.369 e. The summed E-state index contributed by atoms with van der Waals surface area (Å²) in [5, 5.41) is 2.91. The topological polar surface area (TPSA) is 113 Å². The minimum absolute atomic E-state index is 0.00620. The van der Waals surface area contributed by atoms with Crippen LogP contribution in [0.1, 0.15) is 51.1 Å². The Morgan fingerprint density at radius 3 is 2.64 bits per heavy atom. The van der Waals surface area contributed by atoms with Gasteiger partial charge in [-0.1, -0.05) is 29.8 Å². The van der Waals surface area contributed by atoms with E-state index in [2.05, 4.69) is 10.2 Å². The number of carbonyl (C=O) groups is 4. The van der Waals surface area contributed by atoms with Crippen LogP contribution in [-0.4, -0.2) is 53.1 Å². The van der Waals surface area contributed by atoms with Gasteiger partial charge in [0.1, 0.15) is 0 Å². The van der Waals surface area contributed by atoms with Crippen molar-refractivity contribution in [2.24, 2.45) is 11.7 Å². The fourth-order valence-corrected chi connectivity index (χ4v) is 4.49. The Morgan fingerprint density at radius 1 is 1.09 bits per heavy atom. The van der Waals surface area contributed by atoms with E-state index in [0.29, 0.717) is 29.9 Å². The molecule has 1 saturated heterocycles. The van der Waals surface area contributed by atoms with Crippen molar-refractivity contribution in [3.8, 4) is 0 Å². The number of nitrogens with one attached hydrogen (secondary N) is 1. The van der Waals surface area contributed by atoms with E-state index < -0.39 is 0 Å². The van der Waals surface area contributed by atoms with Crippen molar-refractivity contribution in [1.82, 2.24) is 9.80 Å². The van der Waals surface area contributed by atoms with Crippen molar-refractivity contribution < 1.29 is 19.2 Å². The molecule has 3 N–H and O–H groups in total. The van der Waals surface area contributed by atoms with Gasteiger partial charge < -0.3 is 11.1 Å². The highest BCUT2D eigenvalue weighted by Crippen LogP contribution is 2.25. The number of likely N-dealkylation sites (tertiary alicyclic amines) is 1. The third kappa shape index (κ3) is 4.96. The first-order valence-corrected chi connectivity index (χ1v) is 11.2. The number of fused-ring (bicyclic) bond motifs is 1. The molecular weight excluding hydrogens is 420 g/mol. The second kappa shape index (κ2) is 9.54. The predicted octanol–water partition coefficient (Wildman–Crippen LogP) is 2.32. The molecule has 0 bridgehead atoms. The zero-order chi connectivity index (χ0) is 23.5. The Morgan fingerprint density at radius 2 is 1.85 bits per heavy atom. The smallest absolute Gasteiger partial charge is 0.261 e. The standard InChI is InChI=1S/C25H28N4O4/c1-16-8-9-19-20(13-16)25(33)29(24(19)32)12-10-22(30)27-21-7-3-2-5-17(21)14-28-11-4-6-18(15-28)23(26)31/h2-3,5,7-9,13,18H,4,6,10-12,14-15H2,1H3,(H2,26,31)(H,27,30). The van der Waals surface area contributed by atoms with Gasteiger partial charge in [0.15, 0.2) is 0 Å². The average molecular weight is 449 g/mol. The lowest BCUT2D eigenvalue weighted by Gasteiger charge is -2.31. The molecule has 33 heavy (non-hydrogen) atoms. The Kier molecular flexibility index (Phi) is 6.55. The maximum atomic E-state index is 12.7. The SMILES string of the molecule is Cc1ccc2c(c1)C(=O)N(CCC(=O)Nc1ccccc1CN1CCCC(C(N)=O)C1)C2=O. The summed E-state index contributed by atoms with van der Waals surface area (Å²) in [6, 6.07) is 12.7. The molecule has 2 aromatic carbocycles. The summed E-state index contributed by atoms with van der Waals surface area (Å²) < 4.78 is 0. The average Bonchev–Trinajstić information content (AvgIpc) is 3.03. The number of benzene rings is 2. The zero-order valence-corrected chi connectivity index (χ0v) is 18.7. The number of amides is 4. The van der Waals surface area contributed by atoms with Gasteiger partial charge in [-0.3, -0.25) is 29.0 Å². The molecule has 0 radical (unpaired) electrons. The first-order valence-electron chi connectivity index (χ1n) is 11.2. The van der Waals surface area contributed by atoms with E-state index in [4.69, 9.17) is 5.73 Å². The van der Waals surface area contributed by atoms with Gasteiger partial charge in [-0.2, -0.15) is 0 Å². The van der Waals surface area contributed by atoms with Crippen LogP contribution in [-0.2, 0) is 16.1 Å². The summed E-state index contributed by atoms with van der Waals surface area (Å²) >= 11 is 0. The number of para-hydroxylation sites is 1. The maximum absolute atomic E-state index is 12.7. The number of imide groups is 1. The maximum Gasteiger partial charge on any atom is 0.261 e. The molecule has 2 aliphatic rings. The van der Waals surface area contributed by atoms with Gasteiger partial charge in [0, 0.05) is 31.7 Å². The van der Waals surface area contributed by atoms with Crippen LogP contribution < -0.4 is 11.1 Å². The molecule has 2 heterocycles. The number of anilines is 1. The number of hydrogen-bond donors (Lipinski definition) is 2. The Balaban J connectivity index is 1.36. The third-order valence-electron chi connectivity index (χ3n) is 6.28. The molecule has 1 unspecified atom stereocenters. The molecule has 8 nitrogen and oxygen atoms in total. The fraction of sp³-hybridized carbons (Fsp3) is 0.360. The van der Waals surface area contributed by atoms with Gasteiger partial charge in [-0.05, 0) is 50.1 Å². The van der Waals surface area contributed by atoms with Crippen molar-refractivity contribution in [2.75, 3.05) is 25.0 Å². The van der Waals surface area contributed by atoms with Crippen molar-refractivity contribution in [2.45, 2.75) is 32.7 Å². The lowest BCUT2D eigenvalue weighted by atomic mass is 9.97. The monoisotopic (exact) mass is 448 g/mol. The molecular formula is C25H28N4O4. The third-order valence-corrected chi connectivity index (χ3v) is 6.28. The number of primary amides is 1. The molecule has 4 amide bonds. The molecule has 2 aliphatic heterocycles. The van der Waals surface area contributed by atoms with Crippen LogP contribution in [0, 0.1) is 12.8 Å². The number of aryl methyl sites for hydroxylation is 1. The molecule has 1 atom stereocenters. The van der Waals surface area contributed by atoms with E-state index in [9.17, 15) is 19.2 Å². The molecule has 0 spiro atoms. The summed E-state index contributed by atoms with van der Waals surface area (Å²) in [5.74, 6) is -1.42. The van der Waals surface area contributed by atoms with E-state index in [1.807, 2.05) is 31.2 Å². The van der Waals surface area contributed by atoms with E-state index in [-0.39, 0.29) is 42.5 Å². The summed E-state index contributed by atoms with van der Waals surface area (Å²) in [5.41, 5.74) is 8.78. The number of hydrogen-bond acceptors (Lipinski definition) is 5. The van der Waals surface area contributed by atoms with Crippen LogP contribution in [0.3, 0.4) is 0 Å². The largest absolute Gasteiger partial charge is 0.369 e. The fourth-order valence-electron chi connectivity index (χ4n) is 4.49. The van der Waals surface area contributed by atoms with Crippen LogP contribution in [0.4, 0.5) is 5.69 Å². The molecule has 0 saturated carbocycles. The van der Waals surface area contributed by atoms with Crippen molar-refractivity contribution in [3.63, 3.8) is 0 Å². The Labute approximate surface area is 192 Å². The highest BCUT2D eigenvalue weighted by Gasteiger charge is 2.35. The highest BCUT2D eigenvalue weighted by molar-refractivity contribution is 6.21. The summed E-state index contributed by atoms with van der Waals surface area (Å²) in [4.78, 5) is 52.7. The van der Waals surface area contributed by atoms with E-state index in [1.165, 1.54) is 0 Å². The van der Waals surface area contributed by atoms with Gasteiger partial charge in [0.2, 0.25) is 11.8 Å². The van der Waals surface area contributed by atoms with Gasteiger partial charge in [0.25, 0.3) is 11.8 Å². The van der Waals surface area contributed by atoms with Crippen LogP contribution in [0.15, 0.2) is 42.5 Å². The molecule has 1 fully saturated rings. The molecule has 172 valence electrons. The quantitative estimate of drug-likeness (QED) is 0.631. The molecule has 8 heteroatoms. The normalized spacial score (nSPS) is 18.3. The van der Waals surface area contributed by atoms with E-state index in [1.54, 1.807) is 18.2 Å². The number of nitrogens with two attached hydrogens (primary N) is 1. The second-order valence-electron chi connectivity index (χ2n) is 8.74. The number of piperidine rings is 1. The van der Waals surface area contributed by atoms with Crippen LogP contribution in [0.25, 0.3) is 0 Å². The van der Waals surface area contributed by atoms with Crippen molar-refractivity contribution >= 4 is 29.3 Å². The lowest BCUT2D eigenvalue weighted by molar-refractivity contribution is -0.123. The highest BCUT2D eigenvalue weighted by atomic mass is 16.2. The number of carbonyl (C=O) groups excluding carboxylic acids is 4. The summed E-state index contributed by atoms with van der Waals surface area (Å²) in [6.45, 7) is 3.95.